The van der Waals surface area contributed by atoms with Gasteiger partial charge in [0.2, 0.25) is 11.5 Å². The molecule has 0 aliphatic rings. The molecule has 2 aromatic heterocycles. The van der Waals surface area contributed by atoms with Crippen molar-refractivity contribution in [3.63, 3.8) is 0 Å². The molecular formula is C23H21ClINO3S2. The number of ether oxygens (including phenoxy) is 1. The number of hydrogen-bond donors (Lipinski definition) is 0. The Kier molecular flexibility index (Phi) is 10.2. The zero-order chi connectivity index (χ0) is 21.5. The Morgan fingerprint density at radius 1 is 1.19 bits per heavy atom. The first-order chi connectivity index (χ1) is 14.5. The fraction of sp³-hybridized carbons (Fsp3) is 0.174. The largest absolute Gasteiger partial charge is 1.00 e. The monoisotopic (exact) mass is 585 g/mol. The molecule has 3 rings (SSSR count). The number of rotatable bonds is 9. The summed E-state index contributed by atoms with van der Waals surface area (Å²) in [5.41, 5.74) is 2.02. The minimum Gasteiger partial charge on any atom is -1.00 e. The lowest BCUT2D eigenvalue weighted by atomic mass is 10.0. The number of thiophene rings is 1. The molecule has 0 amide bonds. The number of benzene rings is 1. The van der Waals surface area contributed by atoms with E-state index < -0.39 is 0 Å². The van der Waals surface area contributed by atoms with Crippen LogP contribution in [0.3, 0.4) is 0 Å². The van der Waals surface area contributed by atoms with Crippen molar-refractivity contribution in [1.82, 2.24) is 0 Å². The number of thioether (sulfide) groups is 1. The number of hydrogen-bond acceptors (Lipinski definition) is 5. The van der Waals surface area contributed by atoms with Crippen molar-refractivity contribution in [3.8, 4) is 5.69 Å². The molecule has 0 aliphatic heterocycles. The van der Waals surface area contributed by atoms with Gasteiger partial charge in [0, 0.05) is 28.5 Å². The summed E-state index contributed by atoms with van der Waals surface area (Å²) >= 11 is 8.96. The summed E-state index contributed by atoms with van der Waals surface area (Å²) in [6.07, 6.45) is 5.65. The van der Waals surface area contributed by atoms with E-state index >= 15 is 0 Å². The first kappa shape index (κ1) is 25.6. The Labute approximate surface area is 212 Å². The Morgan fingerprint density at radius 2 is 1.87 bits per heavy atom. The van der Waals surface area contributed by atoms with Gasteiger partial charge >= 0.3 is 5.97 Å². The summed E-state index contributed by atoms with van der Waals surface area (Å²) in [7, 11) is 0. The number of nitrogens with zero attached hydrogens (tertiary/aromatic N) is 1. The van der Waals surface area contributed by atoms with Gasteiger partial charge in [-0.3, -0.25) is 9.59 Å². The Bertz CT molecular complexity index is 1050. The fourth-order valence-corrected chi connectivity index (χ4v) is 5.37. The van der Waals surface area contributed by atoms with Crippen molar-refractivity contribution in [3.05, 3.63) is 88.5 Å². The van der Waals surface area contributed by atoms with Gasteiger partial charge in [0.1, 0.15) is 4.21 Å². The van der Waals surface area contributed by atoms with E-state index in [4.69, 9.17) is 16.3 Å². The van der Waals surface area contributed by atoms with Crippen LogP contribution in [0.2, 0.25) is 5.02 Å². The molecule has 3 aromatic rings. The molecule has 31 heavy (non-hydrogen) atoms. The van der Waals surface area contributed by atoms with Crippen molar-refractivity contribution in [2.75, 3.05) is 12.4 Å². The highest BCUT2D eigenvalue weighted by molar-refractivity contribution is 8.01. The van der Waals surface area contributed by atoms with Gasteiger partial charge < -0.3 is 28.7 Å². The highest BCUT2D eigenvalue weighted by Gasteiger charge is 2.31. The third-order valence-electron chi connectivity index (χ3n) is 4.19. The van der Waals surface area contributed by atoms with Crippen molar-refractivity contribution >= 4 is 46.5 Å². The summed E-state index contributed by atoms with van der Waals surface area (Å²) in [6.45, 7) is 5.85. The number of aromatic nitrogens is 1. The average Bonchev–Trinajstić information content (AvgIpc) is 3.11. The fourth-order valence-electron chi connectivity index (χ4n) is 2.91. The molecular weight excluding hydrogens is 565 g/mol. The second kappa shape index (κ2) is 12.4. The van der Waals surface area contributed by atoms with Crippen LogP contribution < -0.4 is 28.5 Å². The van der Waals surface area contributed by atoms with E-state index in [1.54, 1.807) is 43.0 Å². The maximum Gasteiger partial charge on any atom is 0.310 e. The van der Waals surface area contributed by atoms with Gasteiger partial charge in [0.25, 0.3) is 0 Å². The topological polar surface area (TPSA) is 47.3 Å². The molecule has 0 aliphatic carbocycles. The predicted octanol–water partition coefficient (Wildman–Crippen LogP) is 2.30. The molecule has 0 radical (unpaired) electrons. The number of carbonyl (C=O) groups excluding carboxylic acids is 2. The van der Waals surface area contributed by atoms with Gasteiger partial charge in [-0.05, 0) is 31.2 Å². The van der Waals surface area contributed by atoms with Crippen LogP contribution in [-0.2, 0) is 16.0 Å². The van der Waals surface area contributed by atoms with Gasteiger partial charge in [-0.1, -0.05) is 23.7 Å². The van der Waals surface area contributed by atoms with Gasteiger partial charge in [-0.15, -0.1) is 29.7 Å². The molecule has 2 heterocycles. The van der Waals surface area contributed by atoms with Crippen LogP contribution in [0.15, 0.2) is 71.7 Å². The Hall–Kier alpha value is -1.68. The minimum atomic E-state index is -0.362. The first-order valence-electron chi connectivity index (χ1n) is 9.37. The lowest BCUT2D eigenvalue weighted by Crippen LogP contribution is -3.00. The zero-order valence-corrected chi connectivity index (χ0v) is 21.4. The van der Waals surface area contributed by atoms with Crippen LogP contribution in [0.5, 0.6) is 0 Å². The molecule has 0 atom stereocenters. The predicted molar refractivity (Wildman–Crippen MR) is 122 cm³/mol. The third kappa shape index (κ3) is 6.41. The van der Waals surface area contributed by atoms with E-state index in [1.165, 1.54) is 11.3 Å². The van der Waals surface area contributed by atoms with Crippen LogP contribution in [0, 0.1) is 0 Å². The summed E-state index contributed by atoms with van der Waals surface area (Å²) < 4.78 is 8.07. The molecule has 4 nitrogen and oxygen atoms in total. The smallest absolute Gasteiger partial charge is 0.310 e. The second-order valence-corrected chi connectivity index (χ2v) is 8.99. The molecule has 0 fully saturated rings. The van der Waals surface area contributed by atoms with E-state index in [2.05, 4.69) is 6.58 Å². The van der Waals surface area contributed by atoms with E-state index in [-0.39, 0.29) is 48.8 Å². The third-order valence-corrected chi connectivity index (χ3v) is 6.92. The molecule has 0 spiro atoms. The van der Waals surface area contributed by atoms with E-state index in [1.807, 2.05) is 41.2 Å². The van der Waals surface area contributed by atoms with Crippen molar-refractivity contribution in [1.29, 1.82) is 0 Å². The van der Waals surface area contributed by atoms with Gasteiger partial charge in [0.15, 0.2) is 12.4 Å². The quantitative estimate of drug-likeness (QED) is 0.0966. The normalized spacial score (nSPS) is 10.3. The molecule has 8 heteroatoms. The maximum atomic E-state index is 13.4. The molecule has 0 saturated heterocycles. The zero-order valence-electron chi connectivity index (χ0n) is 16.8. The summed E-state index contributed by atoms with van der Waals surface area (Å²) in [4.78, 5) is 26.3. The second-order valence-electron chi connectivity index (χ2n) is 6.25. The lowest BCUT2D eigenvalue weighted by Gasteiger charge is -2.05. The molecule has 1 aromatic carbocycles. The van der Waals surface area contributed by atoms with E-state index in [9.17, 15) is 9.59 Å². The first-order valence-corrected chi connectivity index (χ1v) is 11.5. The lowest BCUT2D eigenvalue weighted by molar-refractivity contribution is -0.598. The summed E-state index contributed by atoms with van der Waals surface area (Å²) in [5, 5.41) is 0.562. The molecule has 0 bridgehead atoms. The summed E-state index contributed by atoms with van der Waals surface area (Å²) in [5.74, 6) is 0.187. The number of halogens is 2. The van der Waals surface area contributed by atoms with E-state index in [0.29, 0.717) is 26.8 Å². The van der Waals surface area contributed by atoms with Crippen LogP contribution >= 0.6 is 34.7 Å². The highest BCUT2D eigenvalue weighted by atomic mass is 127. The minimum absolute atomic E-state index is 0. The number of carbonyl (C=O) groups is 2. The standard InChI is InChI=1S/C23H21ClNO3S2.HI/c1-3-14-29-23-20(25-12-6-5-7-13-25)18(15-19(26)28-4-2)22(30-23)21(27)16-8-10-17(24)11-9-16;/h3,5-13H,1,4,14-15H2,2H3;1H/q+1;/p-1. The van der Waals surface area contributed by atoms with Gasteiger partial charge in [-0.2, -0.15) is 4.57 Å². The molecule has 162 valence electrons. The Morgan fingerprint density at radius 3 is 2.48 bits per heavy atom. The number of esters is 1. The van der Waals surface area contributed by atoms with Crippen molar-refractivity contribution in [2.45, 2.75) is 17.6 Å². The SMILES string of the molecule is C=CCSc1sc(C(=O)c2ccc(Cl)cc2)c(CC(=O)OCC)c1-[n+]1ccccc1.[I-]. The molecule has 0 N–H and O–H groups in total. The van der Waals surface area contributed by atoms with Crippen molar-refractivity contribution in [2.24, 2.45) is 0 Å². The molecule has 0 unspecified atom stereocenters. The van der Waals surface area contributed by atoms with Crippen LogP contribution in [0.4, 0.5) is 0 Å². The number of ketones is 1. The highest BCUT2D eigenvalue weighted by Crippen LogP contribution is 2.38. The van der Waals surface area contributed by atoms with Gasteiger partial charge in [-0.25, -0.2) is 0 Å². The van der Waals surface area contributed by atoms with Gasteiger partial charge in [0.05, 0.1) is 23.5 Å². The Balaban J connectivity index is 0.00000341. The van der Waals surface area contributed by atoms with Crippen LogP contribution in [0.25, 0.3) is 5.69 Å². The van der Waals surface area contributed by atoms with Crippen LogP contribution in [-0.4, -0.2) is 24.1 Å². The van der Waals surface area contributed by atoms with Crippen LogP contribution in [0.1, 0.15) is 27.7 Å². The summed E-state index contributed by atoms with van der Waals surface area (Å²) in [6, 6.07) is 12.5. The molecule has 0 saturated carbocycles. The van der Waals surface area contributed by atoms with E-state index in [0.717, 1.165) is 9.90 Å². The average molecular weight is 586 g/mol. The maximum absolute atomic E-state index is 13.4. The number of pyridine rings is 1. The van der Waals surface area contributed by atoms with Crippen molar-refractivity contribution < 1.29 is 42.9 Å².